The lowest BCUT2D eigenvalue weighted by atomic mass is 10.1. The maximum Gasteiger partial charge on any atom is 0.255 e. The average molecular weight is 314 g/mol. The van der Waals surface area contributed by atoms with Gasteiger partial charge in [-0.15, -0.1) is 0 Å². The average Bonchev–Trinajstić information content (AvgIpc) is 2.55. The Labute approximate surface area is 134 Å². The van der Waals surface area contributed by atoms with E-state index in [1.807, 2.05) is 0 Å². The summed E-state index contributed by atoms with van der Waals surface area (Å²) in [6.07, 6.45) is 0. The summed E-state index contributed by atoms with van der Waals surface area (Å²) in [7, 11) is 3.05. The van der Waals surface area contributed by atoms with Crippen LogP contribution in [0.25, 0.3) is 0 Å². The second kappa shape index (κ2) is 7.31. The molecule has 0 fully saturated rings. The Bertz CT molecular complexity index is 711. The topological polar surface area (TPSA) is 76.7 Å². The Kier molecular flexibility index (Phi) is 5.19. The Balaban J connectivity index is 2.11. The summed E-state index contributed by atoms with van der Waals surface area (Å²) < 4.78 is 10.3. The van der Waals surface area contributed by atoms with E-state index in [1.165, 1.54) is 21.1 Å². The first-order chi connectivity index (χ1) is 11.0. The SMILES string of the molecule is COc1ccc(C(=O)Nc2ccc(NC(C)=O)cc2)cc1OC. The zero-order valence-corrected chi connectivity index (χ0v) is 13.2. The number of rotatable bonds is 5. The van der Waals surface area contributed by atoms with E-state index in [-0.39, 0.29) is 11.8 Å². The van der Waals surface area contributed by atoms with Crippen LogP contribution >= 0.6 is 0 Å². The van der Waals surface area contributed by atoms with E-state index in [2.05, 4.69) is 10.6 Å². The predicted molar refractivity (Wildman–Crippen MR) is 88.2 cm³/mol. The number of anilines is 2. The van der Waals surface area contributed by atoms with Crippen LogP contribution in [0.15, 0.2) is 42.5 Å². The van der Waals surface area contributed by atoms with Crippen molar-refractivity contribution < 1.29 is 19.1 Å². The van der Waals surface area contributed by atoms with Gasteiger partial charge in [-0.2, -0.15) is 0 Å². The molecule has 2 amide bonds. The second-order valence-corrected chi connectivity index (χ2v) is 4.78. The van der Waals surface area contributed by atoms with E-state index in [0.29, 0.717) is 28.4 Å². The molecule has 6 nitrogen and oxygen atoms in total. The minimum atomic E-state index is -0.266. The summed E-state index contributed by atoms with van der Waals surface area (Å²) in [5.41, 5.74) is 1.74. The third-order valence-corrected chi connectivity index (χ3v) is 3.11. The highest BCUT2D eigenvalue weighted by Crippen LogP contribution is 2.27. The lowest BCUT2D eigenvalue weighted by Gasteiger charge is -2.10. The van der Waals surface area contributed by atoms with Crippen molar-refractivity contribution in [2.45, 2.75) is 6.92 Å². The van der Waals surface area contributed by atoms with Crippen LogP contribution in [0.4, 0.5) is 11.4 Å². The maximum atomic E-state index is 12.3. The van der Waals surface area contributed by atoms with Crippen LogP contribution in [-0.4, -0.2) is 26.0 Å². The standard InChI is InChI=1S/C17H18N2O4/c1-11(20)18-13-5-7-14(8-6-13)19-17(21)12-4-9-15(22-2)16(10-12)23-3/h4-10H,1-3H3,(H,18,20)(H,19,21). The van der Waals surface area contributed by atoms with Crippen molar-refractivity contribution >= 4 is 23.2 Å². The van der Waals surface area contributed by atoms with Crippen molar-refractivity contribution in [2.24, 2.45) is 0 Å². The smallest absolute Gasteiger partial charge is 0.255 e. The van der Waals surface area contributed by atoms with Gasteiger partial charge in [-0.05, 0) is 42.5 Å². The summed E-state index contributed by atoms with van der Waals surface area (Å²) in [6, 6.07) is 11.8. The molecule has 120 valence electrons. The predicted octanol–water partition coefficient (Wildman–Crippen LogP) is 2.91. The van der Waals surface area contributed by atoms with Crippen molar-refractivity contribution in [1.29, 1.82) is 0 Å². The van der Waals surface area contributed by atoms with Crippen molar-refractivity contribution in [2.75, 3.05) is 24.9 Å². The molecular formula is C17H18N2O4. The normalized spacial score (nSPS) is 9.87. The van der Waals surface area contributed by atoms with Gasteiger partial charge >= 0.3 is 0 Å². The molecule has 2 aromatic carbocycles. The molecule has 0 bridgehead atoms. The summed E-state index contributed by atoms with van der Waals surface area (Å²) in [6.45, 7) is 1.44. The highest BCUT2D eigenvalue weighted by Gasteiger charge is 2.11. The number of hydrogen-bond donors (Lipinski definition) is 2. The number of carbonyl (C=O) groups is 2. The summed E-state index contributed by atoms with van der Waals surface area (Å²) >= 11 is 0. The van der Waals surface area contributed by atoms with Crippen LogP contribution in [-0.2, 0) is 4.79 Å². The Morgan fingerprint density at radius 2 is 1.39 bits per heavy atom. The molecular weight excluding hydrogens is 296 g/mol. The second-order valence-electron chi connectivity index (χ2n) is 4.78. The molecule has 0 atom stereocenters. The van der Waals surface area contributed by atoms with Gasteiger partial charge in [-0.3, -0.25) is 9.59 Å². The van der Waals surface area contributed by atoms with Crippen LogP contribution in [0, 0.1) is 0 Å². The highest BCUT2D eigenvalue weighted by atomic mass is 16.5. The van der Waals surface area contributed by atoms with Gasteiger partial charge < -0.3 is 20.1 Å². The molecule has 2 aromatic rings. The summed E-state index contributed by atoms with van der Waals surface area (Å²) in [5.74, 6) is 0.634. The molecule has 2 N–H and O–H groups in total. The van der Waals surface area contributed by atoms with Gasteiger partial charge in [0, 0.05) is 23.9 Å². The molecule has 0 saturated carbocycles. The maximum absolute atomic E-state index is 12.3. The number of hydrogen-bond acceptors (Lipinski definition) is 4. The van der Waals surface area contributed by atoms with E-state index < -0.39 is 0 Å². The molecule has 0 spiro atoms. The Hall–Kier alpha value is -3.02. The van der Waals surface area contributed by atoms with E-state index in [4.69, 9.17) is 9.47 Å². The number of amides is 2. The molecule has 6 heteroatoms. The van der Waals surface area contributed by atoms with Crippen LogP contribution in [0.1, 0.15) is 17.3 Å². The van der Waals surface area contributed by atoms with Crippen molar-refractivity contribution in [3.05, 3.63) is 48.0 Å². The van der Waals surface area contributed by atoms with E-state index >= 15 is 0 Å². The zero-order valence-electron chi connectivity index (χ0n) is 13.2. The molecule has 0 aliphatic rings. The fourth-order valence-corrected chi connectivity index (χ4v) is 2.02. The van der Waals surface area contributed by atoms with Crippen LogP contribution < -0.4 is 20.1 Å². The van der Waals surface area contributed by atoms with Crippen LogP contribution in [0.5, 0.6) is 11.5 Å². The Morgan fingerprint density at radius 3 is 1.91 bits per heavy atom. The van der Waals surface area contributed by atoms with Gasteiger partial charge in [-0.1, -0.05) is 0 Å². The third-order valence-electron chi connectivity index (χ3n) is 3.11. The van der Waals surface area contributed by atoms with E-state index in [0.717, 1.165) is 0 Å². The summed E-state index contributed by atoms with van der Waals surface area (Å²) in [5, 5.41) is 5.44. The van der Waals surface area contributed by atoms with E-state index in [1.54, 1.807) is 42.5 Å². The van der Waals surface area contributed by atoms with Crippen molar-refractivity contribution in [3.63, 3.8) is 0 Å². The molecule has 23 heavy (non-hydrogen) atoms. The quantitative estimate of drug-likeness (QED) is 0.889. The van der Waals surface area contributed by atoms with Gasteiger partial charge in [0.25, 0.3) is 5.91 Å². The molecule has 0 aromatic heterocycles. The molecule has 2 rings (SSSR count). The van der Waals surface area contributed by atoms with Crippen molar-refractivity contribution in [1.82, 2.24) is 0 Å². The van der Waals surface area contributed by atoms with Gasteiger partial charge in [0.15, 0.2) is 11.5 Å². The van der Waals surface area contributed by atoms with Gasteiger partial charge in [0.05, 0.1) is 14.2 Å². The highest BCUT2D eigenvalue weighted by molar-refractivity contribution is 6.04. The molecule has 0 aliphatic heterocycles. The number of benzene rings is 2. The number of methoxy groups -OCH3 is 2. The third kappa shape index (κ3) is 4.23. The van der Waals surface area contributed by atoms with Crippen LogP contribution in [0.2, 0.25) is 0 Å². The number of carbonyl (C=O) groups excluding carboxylic acids is 2. The molecule has 0 unspecified atom stereocenters. The van der Waals surface area contributed by atoms with Gasteiger partial charge in [0.2, 0.25) is 5.91 Å². The minimum absolute atomic E-state index is 0.146. The first-order valence-electron chi connectivity index (χ1n) is 6.94. The fourth-order valence-electron chi connectivity index (χ4n) is 2.02. The minimum Gasteiger partial charge on any atom is -0.493 e. The summed E-state index contributed by atoms with van der Waals surface area (Å²) in [4.78, 5) is 23.2. The monoisotopic (exact) mass is 314 g/mol. The first kappa shape index (κ1) is 16.4. The number of ether oxygens (including phenoxy) is 2. The molecule has 0 aliphatic carbocycles. The molecule has 0 radical (unpaired) electrons. The lowest BCUT2D eigenvalue weighted by molar-refractivity contribution is -0.114. The molecule has 0 saturated heterocycles. The lowest BCUT2D eigenvalue weighted by Crippen LogP contribution is -2.12. The Morgan fingerprint density at radius 1 is 0.826 bits per heavy atom. The fraction of sp³-hybridized carbons (Fsp3) is 0.176. The van der Waals surface area contributed by atoms with Gasteiger partial charge in [0.1, 0.15) is 0 Å². The van der Waals surface area contributed by atoms with E-state index in [9.17, 15) is 9.59 Å². The first-order valence-corrected chi connectivity index (χ1v) is 6.94. The molecule has 0 heterocycles. The number of nitrogens with one attached hydrogen (secondary N) is 2. The van der Waals surface area contributed by atoms with Gasteiger partial charge in [-0.25, -0.2) is 0 Å². The van der Waals surface area contributed by atoms with Crippen molar-refractivity contribution in [3.8, 4) is 11.5 Å². The zero-order chi connectivity index (χ0) is 16.8. The van der Waals surface area contributed by atoms with Crippen LogP contribution in [0.3, 0.4) is 0 Å². The largest absolute Gasteiger partial charge is 0.493 e.